The number of hydrogen-bond acceptors (Lipinski definition) is 5. The summed E-state index contributed by atoms with van der Waals surface area (Å²) >= 11 is 0. The van der Waals surface area contributed by atoms with Crippen molar-refractivity contribution in [1.29, 1.82) is 0 Å². The Balaban J connectivity index is 1.49. The minimum Gasteiger partial charge on any atom is -0.436 e. The van der Waals surface area contributed by atoms with E-state index in [2.05, 4.69) is 32.2 Å². The Bertz CT molecular complexity index is 1430. The van der Waals surface area contributed by atoms with Gasteiger partial charge in [-0.15, -0.1) is 0 Å². The first kappa shape index (κ1) is 25.3. The van der Waals surface area contributed by atoms with E-state index in [0.717, 1.165) is 40.6 Å². The van der Waals surface area contributed by atoms with Gasteiger partial charge in [-0.1, -0.05) is 22.7 Å². The zero-order valence-electron chi connectivity index (χ0n) is 20.1. The summed E-state index contributed by atoms with van der Waals surface area (Å²) in [6.07, 6.45) is 3.83. The van der Waals surface area contributed by atoms with E-state index < -0.39 is 23.4 Å². The van der Waals surface area contributed by atoms with Crippen molar-refractivity contribution in [3.63, 3.8) is 0 Å². The molecule has 6 nitrogen and oxygen atoms in total. The van der Waals surface area contributed by atoms with Gasteiger partial charge in [0, 0.05) is 18.8 Å². The number of aromatic amines is 1. The van der Waals surface area contributed by atoms with E-state index >= 15 is 0 Å². The highest BCUT2D eigenvalue weighted by atomic mass is 19.4. The third-order valence-corrected chi connectivity index (χ3v) is 6.17. The quantitative estimate of drug-likeness (QED) is 0.502. The third kappa shape index (κ3) is 5.53. The van der Waals surface area contributed by atoms with Crippen LogP contribution in [-0.2, 0) is 12.6 Å². The number of nitrogens with one attached hydrogen (secondary N) is 2. The Morgan fingerprint density at radius 1 is 1.11 bits per heavy atom. The number of alkyl halides is 3. The number of benzene rings is 1. The number of nitrogens with zero attached hydrogens (tertiary/aromatic N) is 3. The van der Waals surface area contributed by atoms with Crippen LogP contribution in [0, 0.1) is 19.7 Å². The molecule has 2 aromatic heterocycles. The van der Waals surface area contributed by atoms with Crippen molar-refractivity contribution in [2.45, 2.75) is 46.2 Å². The van der Waals surface area contributed by atoms with Gasteiger partial charge in [-0.05, 0) is 62.4 Å². The Morgan fingerprint density at radius 2 is 1.92 bits per heavy atom. The second-order valence-corrected chi connectivity index (χ2v) is 8.57. The number of H-pyrrole nitrogens is 1. The molecule has 1 aromatic carbocycles. The molecule has 0 atom stereocenters. The zero-order chi connectivity index (χ0) is 25.9. The zero-order valence-corrected chi connectivity index (χ0v) is 20.1. The lowest BCUT2D eigenvalue weighted by Crippen LogP contribution is -2.39. The SMILES string of the molecule is CC1=c2c(NCCc3ccc(Oc4ncc(C(F)(F)F)cc4F)c(C)c3C)[nH+]cnc2=NC=CCC1. The molecule has 36 heavy (non-hydrogen) atoms. The fourth-order valence-electron chi connectivity index (χ4n) is 3.99. The first-order valence-corrected chi connectivity index (χ1v) is 11.5. The molecule has 2 N–H and O–H groups in total. The van der Waals surface area contributed by atoms with Crippen LogP contribution in [0.2, 0.25) is 0 Å². The second-order valence-electron chi connectivity index (χ2n) is 8.57. The minimum absolute atomic E-state index is 0.333. The van der Waals surface area contributed by atoms with Crippen LogP contribution in [0.1, 0.15) is 42.0 Å². The highest BCUT2D eigenvalue weighted by molar-refractivity contribution is 5.49. The van der Waals surface area contributed by atoms with Crippen molar-refractivity contribution < 1.29 is 27.3 Å². The van der Waals surface area contributed by atoms with Crippen LogP contribution in [-0.4, -0.2) is 16.5 Å². The molecule has 0 saturated carbocycles. The summed E-state index contributed by atoms with van der Waals surface area (Å²) in [5.41, 5.74) is 3.45. The summed E-state index contributed by atoms with van der Waals surface area (Å²) in [6.45, 7) is 6.45. The molecule has 4 rings (SSSR count). The van der Waals surface area contributed by atoms with E-state index in [1.54, 1.807) is 18.6 Å². The van der Waals surface area contributed by atoms with Crippen LogP contribution in [0.15, 0.2) is 48.0 Å². The van der Waals surface area contributed by atoms with Crippen molar-refractivity contribution in [1.82, 2.24) is 9.97 Å². The number of rotatable bonds is 6. The Labute approximate surface area is 205 Å². The van der Waals surface area contributed by atoms with Gasteiger partial charge in [0.25, 0.3) is 5.88 Å². The van der Waals surface area contributed by atoms with Gasteiger partial charge in [-0.2, -0.15) is 13.2 Å². The van der Waals surface area contributed by atoms with Gasteiger partial charge < -0.3 is 10.1 Å². The van der Waals surface area contributed by atoms with Crippen LogP contribution in [0.25, 0.3) is 5.57 Å². The second kappa shape index (κ2) is 10.4. The Kier molecular flexibility index (Phi) is 7.32. The molecule has 0 amide bonds. The average molecular weight is 501 g/mol. The van der Waals surface area contributed by atoms with Crippen molar-refractivity contribution in [2.24, 2.45) is 4.99 Å². The number of hydrogen-bond donors (Lipinski definition) is 1. The van der Waals surface area contributed by atoms with Gasteiger partial charge in [0.15, 0.2) is 5.82 Å². The van der Waals surface area contributed by atoms with Crippen LogP contribution in [0.3, 0.4) is 0 Å². The standard InChI is InChI=1S/C26H25F4N5O/c1-15-6-4-5-10-31-23-22(15)24(35-14-34-23)32-11-9-18-7-8-21(17(3)16(18)2)36-25-20(27)12-19(13-33-25)26(28,29)30/h5,7-8,10,12-14H,4,6,9,11H2,1-3H3,(H,31,32,34,35)/p+1. The molecule has 0 fully saturated rings. The third-order valence-electron chi connectivity index (χ3n) is 6.17. The molecular weight excluding hydrogens is 474 g/mol. The molecule has 1 aliphatic heterocycles. The molecule has 188 valence electrons. The molecule has 0 spiro atoms. The molecule has 0 bridgehead atoms. The van der Waals surface area contributed by atoms with Gasteiger partial charge in [0.1, 0.15) is 11.0 Å². The largest absolute Gasteiger partial charge is 0.436 e. The summed E-state index contributed by atoms with van der Waals surface area (Å²) in [4.78, 5) is 15.5. The van der Waals surface area contributed by atoms with Gasteiger partial charge in [-0.3, -0.25) is 0 Å². The first-order valence-electron chi connectivity index (χ1n) is 11.5. The monoisotopic (exact) mass is 500 g/mol. The summed E-state index contributed by atoms with van der Waals surface area (Å²) < 4.78 is 58.0. The predicted octanol–water partition coefficient (Wildman–Crippen LogP) is 4.61. The van der Waals surface area contributed by atoms with Crippen molar-refractivity contribution in [3.8, 4) is 11.6 Å². The highest BCUT2D eigenvalue weighted by Gasteiger charge is 2.32. The van der Waals surface area contributed by atoms with Crippen LogP contribution in [0.5, 0.6) is 11.6 Å². The first-order chi connectivity index (χ1) is 17.1. The molecule has 1 aliphatic rings. The summed E-state index contributed by atoms with van der Waals surface area (Å²) in [7, 11) is 0. The predicted molar refractivity (Wildman–Crippen MR) is 126 cm³/mol. The summed E-state index contributed by atoms with van der Waals surface area (Å²) in [5, 5.41) is 4.42. The maximum atomic E-state index is 14.2. The fraction of sp³-hybridized carbons (Fsp3) is 0.308. The van der Waals surface area contributed by atoms with Gasteiger partial charge >= 0.3 is 6.18 Å². The number of halogens is 4. The molecule has 0 radical (unpaired) electrons. The number of fused-ring (bicyclic) bond motifs is 1. The topological polar surface area (TPSA) is 73.5 Å². The molecule has 3 aromatic rings. The molecule has 3 heterocycles. The number of ether oxygens (including phenoxy) is 1. The smallest absolute Gasteiger partial charge is 0.417 e. The average Bonchev–Trinajstić information content (AvgIpc) is 2.82. The number of aromatic nitrogens is 3. The normalized spacial score (nSPS) is 13.5. The van der Waals surface area contributed by atoms with Crippen molar-refractivity contribution >= 4 is 11.4 Å². The van der Waals surface area contributed by atoms with Gasteiger partial charge in [-0.25, -0.2) is 19.4 Å². The van der Waals surface area contributed by atoms with Crippen LogP contribution in [0.4, 0.5) is 23.4 Å². The molecule has 0 saturated heterocycles. The molecular formula is C26H26F4N5O+. The van der Waals surface area contributed by atoms with E-state index in [0.29, 0.717) is 36.5 Å². The Morgan fingerprint density at radius 3 is 2.67 bits per heavy atom. The van der Waals surface area contributed by atoms with E-state index in [-0.39, 0.29) is 0 Å². The van der Waals surface area contributed by atoms with E-state index in [4.69, 9.17) is 4.74 Å². The van der Waals surface area contributed by atoms with E-state index in [9.17, 15) is 17.6 Å². The number of anilines is 1. The molecule has 0 unspecified atom stereocenters. The lowest BCUT2D eigenvalue weighted by atomic mass is 10.00. The Hall–Kier alpha value is -3.82. The van der Waals surface area contributed by atoms with Crippen LogP contribution < -0.4 is 25.7 Å². The molecule has 0 aliphatic carbocycles. The lowest BCUT2D eigenvalue weighted by molar-refractivity contribution is -0.367. The van der Waals surface area contributed by atoms with Crippen molar-refractivity contribution in [3.05, 3.63) is 81.8 Å². The molecule has 10 heteroatoms. The van der Waals surface area contributed by atoms with Crippen LogP contribution >= 0.6 is 0 Å². The lowest BCUT2D eigenvalue weighted by Gasteiger charge is -2.15. The maximum Gasteiger partial charge on any atom is 0.417 e. The maximum absolute atomic E-state index is 14.2. The van der Waals surface area contributed by atoms with Gasteiger partial charge in [0.2, 0.25) is 17.6 Å². The highest BCUT2D eigenvalue weighted by Crippen LogP contribution is 2.33. The fourth-order valence-corrected chi connectivity index (χ4v) is 3.99. The van der Waals surface area contributed by atoms with E-state index in [1.165, 1.54) is 5.57 Å². The number of pyridine rings is 1. The summed E-state index contributed by atoms with van der Waals surface area (Å²) in [6, 6.07) is 3.92. The number of allylic oxidation sites excluding steroid dienone is 1. The van der Waals surface area contributed by atoms with E-state index in [1.807, 2.05) is 26.0 Å². The summed E-state index contributed by atoms with van der Waals surface area (Å²) in [5.74, 6) is -0.488. The van der Waals surface area contributed by atoms with Crippen molar-refractivity contribution in [2.75, 3.05) is 11.9 Å². The minimum atomic E-state index is -4.68. The van der Waals surface area contributed by atoms with Gasteiger partial charge in [0.05, 0.1) is 12.1 Å².